The van der Waals surface area contributed by atoms with Crippen molar-refractivity contribution in [2.45, 2.75) is 32.7 Å². The van der Waals surface area contributed by atoms with Crippen LogP contribution in [-0.4, -0.2) is 19.0 Å². The van der Waals surface area contributed by atoms with Gasteiger partial charge in [-0.05, 0) is 43.0 Å². The second kappa shape index (κ2) is 4.78. The highest BCUT2D eigenvalue weighted by atomic mass is 16.1. The molecule has 0 aromatic heterocycles. The van der Waals surface area contributed by atoms with Crippen LogP contribution in [0.2, 0.25) is 0 Å². The van der Waals surface area contributed by atoms with Crippen LogP contribution in [-0.2, 0) is 0 Å². The zero-order chi connectivity index (χ0) is 12.4. The molecule has 1 amide bonds. The van der Waals surface area contributed by atoms with Gasteiger partial charge in [0.2, 0.25) is 0 Å². The molecule has 1 saturated carbocycles. The van der Waals surface area contributed by atoms with E-state index in [0.717, 1.165) is 29.7 Å². The minimum Gasteiger partial charge on any atom is -0.388 e. The lowest BCUT2D eigenvalue weighted by molar-refractivity contribution is 0.0948. The Labute approximate surface area is 103 Å². The highest BCUT2D eigenvalue weighted by molar-refractivity contribution is 5.96. The van der Waals surface area contributed by atoms with Crippen molar-refractivity contribution in [2.75, 3.05) is 12.4 Å². The molecule has 0 aliphatic heterocycles. The number of carbonyl (C=O) groups is 1. The van der Waals surface area contributed by atoms with Gasteiger partial charge in [-0.15, -0.1) is 0 Å². The topological polar surface area (TPSA) is 41.1 Å². The Kier molecular flexibility index (Phi) is 3.36. The molecule has 2 atom stereocenters. The maximum absolute atomic E-state index is 12.0. The van der Waals surface area contributed by atoms with E-state index in [2.05, 4.69) is 17.6 Å². The SMILES string of the molecule is CCC1CC1NC(=O)c1ccc(NC)cc1C. The highest BCUT2D eigenvalue weighted by Crippen LogP contribution is 2.33. The Morgan fingerprint density at radius 1 is 1.47 bits per heavy atom. The van der Waals surface area contributed by atoms with Crippen LogP contribution in [0.15, 0.2) is 18.2 Å². The first-order valence-corrected chi connectivity index (χ1v) is 6.25. The fourth-order valence-electron chi connectivity index (χ4n) is 2.20. The Hall–Kier alpha value is -1.51. The van der Waals surface area contributed by atoms with Gasteiger partial charge in [-0.3, -0.25) is 4.79 Å². The maximum atomic E-state index is 12.0. The first-order valence-electron chi connectivity index (χ1n) is 6.25. The molecule has 1 aliphatic rings. The van der Waals surface area contributed by atoms with Crippen LogP contribution in [0.25, 0.3) is 0 Å². The molecular formula is C14H20N2O. The van der Waals surface area contributed by atoms with E-state index in [1.54, 1.807) is 0 Å². The summed E-state index contributed by atoms with van der Waals surface area (Å²) in [5, 5.41) is 6.16. The van der Waals surface area contributed by atoms with Gasteiger partial charge < -0.3 is 10.6 Å². The normalized spacial score (nSPS) is 22.1. The number of nitrogens with one attached hydrogen (secondary N) is 2. The van der Waals surface area contributed by atoms with Crippen molar-refractivity contribution in [3.05, 3.63) is 29.3 Å². The van der Waals surface area contributed by atoms with E-state index in [0.29, 0.717) is 12.0 Å². The van der Waals surface area contributed by atoms with Crippen LogP contribution in [0.5, 0.6) is 0 Å². The standard InChI is InChI=1S/C14H20N2O/c1-4-10-8-13(10)16-14(17)12-6-5-11(15-3)7-9(12)2/h5-7,10,13,15H,4,8H2,1-3H3,(H,16,17). The molecule has 1 fully saturated rings. The molecule has 3 nitrogen and oxygen atoms in total. The van der Waals surface area contributed by atoms with E-state index in [9.17, 15) is 4.79 Å². The van der Waals surface area contributed by atoms with Gasteiger partial charge in [-0.25, -0.2) is 0 Å². The third-order valence-corrected chi connectivity index (χ3v) is 3.52. The summed E-state index contributed by atoms with van der Waals surface area (Å²) in [5.41, 5.74) is 2.84. The van der Waals surface area contributed by atoms with Crippen molar-refractivity contribution >= 4 is 11.6 Å². The smallest absolute Gasteiger partial charge is 0.251 e. The quantitative estimate of drug-likeness (QED) is 0.837. The molecule has 0 saturated heterocycles. The number of rotatable bonds is 4. The molecule has 1 aromatic rings. The molecule has 0 heterocycles. The summed E-state index contributed by atoms with van der Waals surface area (Å²) < 4.78 is 0. The minimum atomic E-state index is 0.0612. The van der Waals surface area contributed by atoms with Crippen molar-refractivity contribution in [3.8, 4) is 0 Å². The van der Waals surface area contributed by atoms with Crippen LogP contribution < -0.4 is 10.6 Å². The molecule has 2 unspecified atom stereocenters. The minimum absolute atomic E-state index is 0.0612. The number of aryl methyl sites for hydroxylation is 1. The number of hydrogen-bond donors (Lipinski definition) is 2. The summed E-state index contributed by atoms with van der Waals surface area (Å²) in [6.45, 7) is 4.14. The molecule has 0 spiro atoms. The lowest BCUT2D eigenvalue weighted by Gasteiger charge is -2.09. The second-order valence-corrected chi connectivity index (χ2v) is 4.76. The largest absolute Gasteiger partial charge is 0.388 e. The summed E-state index contributed by atoms with van der Waals surface area (Å²) in [5.74, 6) is 0.752. The average Bonchev–Trinajstić information content (AvgIpc) is 3.07. The molecular weight excluding hydrogens is 212 g/mol. The molecule has 1 aliphatic carbocycles. The second-order valence-electron chi connectivity index (χ2n) is 4.76. The zero-order valence-electron chi connectivity index (χ0n) is 10.7. The highest BCUT2D eigenvalue weighted by Gasteiger charge is 2.36. The number of benzene rings is 1. The number of amides is 1. The van der Waals surface area contributed by atoms with Crippen LogP contribution >= 0.6 is 0 Å². The zero-order valence-corrected chi connectivity index (χ0v) is 10.7. The van der Waals surface area contributed by atoms with Gasteiger partial charge in [0.25, 0.3) is 5.91 Å². The van der Waals surface area contributed by atoms with Crippen molar-refractivity contribution in [3.63, 3.8) is 0 Å². The monoisotopic (exact) mass is 232 g/mol. The Balaban J connectivity index is 2.04. The lowest BCUT2D eigenvalue weighted by atomic mass is 10.1. The number of hydrogen-bond acceptors (Lipinski definition) is 2. The van der Waals surface area contributed by atoms with Gasteiger partial charge in [0.1, 0.15) is 0 Å². The molecule has 1 aromatic carbocycles. The van der Waals surface area contributed by atoms with Crippen LogP contribution in [0.1, 0.15) is 35.7 Å². The van der Waals surface area contributed by atoms with Crippen molar-refractivity contribution in [1.29, 1.82) is 0 Å². The van der Waals surface area contributed by atoms with Crippen molar-refractivity contribution in [1.82, 2.24) is 5.32 Å². The fourth-order valence-corrected chi connectivity index (χ4v) is 2.20. The number of anilines is 1. The summed E-state index contributed by atoms with van der Waals surface area (Å²) in [6, 6.07) is 6.22. The van der Waals surface area contributed by atoms with E-state index in [1.165, 1.54) is 0 Å². The Morgan fingerprint density at radius 3 is 2.76 bits per heavy atom. The van der Waals surface area contributed by atoms with Crippen LogP contribution in [0, 0.1) is 12.8 Å². The predicted octanol–water partition coefficient (Wildman–Crippen LogP) is 2.57. The molecule has 17 heavy (non-hydrogen) atoms. The molecule has 2 rings (SSSR count). The van der Waals surface area contributed by atoms with Gasteiger partial charge in [-0.1, -0.05) is 13.3 Å². The molecule has 3 heteroatoms. The summed E-state index contributed by atoms with van der Waals surface area (Å²) in [7, 11) is 1.88. The molecule has 0 bridgehead atoms. The van der Waals surface area contributed by atoms with Gasteiger partial charge in [0.15, 0.2) is 0 Å². The summed E-state index contributed by atoms with van der Waals surface area (Å²) >= 11 is 0. The van der Waals surface area contributed by atoms with E-state index >= 15 is 0 Å². The molecule has 92 valence electrons. The van der Waals surface area contributed by atoms with Crippen molar-refractivity contribution in [2.24, 2.45) is 5.92 Å². The average molecular weight is 232 g/mol. The first-order chi connectivity index (χ1) is 8.15. The van der Waals surface area contributed by atoms with Gasteiger partial charge in [0, 0.05) is 24.3 Å². The molecule has 0 radical (unpaired) electrons. The summed E-state index contributed by atoms with van der Waals surface area (Å²) in [6.07, 6.45) is 2.29. The lowest BCUT2D eigenvalue weighted by Crippen LogP contribution is -2.27. The van der Waals surface area contributed by atoms with Crippen LogP contribution in [0.4, 0.5) is 5.69 Å². The Morgan fingerprint density at radius 2 is 2.24 bits per heavy atom. The fraction of sp³-hybridized carbons (Fsp3) is 0.500. The predicted molar refractivity (Wildman–Crippen MR) is 70.4 cm³/mol. The van der Waals surface area contributed by atoms with E-state index in [-0.39, 0.29) is 5.91 Å². The summed E-state index contributed by atoms with van der Waals surface area (Å²) in [4.78, 5) is 12.0. The van der Waals surface area contributed by atoms with E-state index in [1.807, 2.05) is 32.2 Å². The third-order valence-electron chi connectivity index (χ3n) is 3.52. The Bertz CT molecular complexity index is 428. The third kappa shape index (κ3) is 2.60. The first kappa shape index (κ1) is 12.0. The maximum Gasteiger partial charge on any atom is 0.251 e. The van der Waals surface area contributed by atoms with Gasteiger partial charge in [-0.2, -0.15) is 0 Å². The van der Waals surface area contributed by atoms with Crippen molar-refractivity contribution < 1.29 is 4.79 Å². The van der Waals surface area contributed by atoms with Gasteiger partial charge in [0.05, 0.1) is 0 Å². The molecule has 2 N–H and O–H groups in total. The van der Waals surface area contributed by atoms with E-state index < -0.39 is 0 Å². The van der Waals surface area contributed by atoms with Crippen LogP contribution in [0.3, 0.4) is 0 Å². The van der Waals surface area contributed by atoms with Gasteiger partial charge >= 0.3 is 0 Å². The van der Waals surface area contributed by atoms with E-state index in [4.69, 9.17) is 0 Å². The number of carbonyl (C=O) groups excluding carboxylic acids is 1.